The molecule has 6 heteroatoms. The number of hydrogen-bond acceptors (Lipinski definition) is 6. The van der Waals surface area contributed by atoms with Crippen LogP contribution in [0.3, 0.4) is 0 Å². The fourth-order valence-electron chi connectivity index (χ4n) is 8.49. The van der Waals surface area contributed by atoms with Crippen LogP contribution in [-0.4, -0.2) is 37.2 Å². The van der Waals surface area contributed by atoms with E-state index in [9.17, 15) is 14.4 Å². The number of ether oxygens (including phenoxy) is 3. The summed E-state index contributed by atoms with van der Waals surface area (Å²) in [4.78, 5) is 38.0. The van der Waals surface area contributed by atoms with Crippen molar-refractivity contribution < 1.29 is 28.6 Å². The number of hydrogen-bond donors (Lipinski definition) is 0. The summed E-state index contributed by atoms with van der Waals surface area (Å²) < 4.78 is 16.8. The topological polar surface area (TPSA) is 78.9 Å². The predicted molar refractivity (Wildman–Crippen MR) is 266 cm³/mol. The lowest BCUT2D eigenvalue weighted by molar-refractivity contribution is -0.167. The van der Waals surface area contributed by atoms with Crippen LogP contribution >= 0.6 is 0 Å². The van der Waals surface area contributed by atoms with E-state index in [0.717, 1.165) is 69.6 Å². The van der Waals surface area contributed by atoms with Gasteiger partial charge in [-0.1, -0.05) is 272 Å². The minimum absolute atomic E-state index is 0.0636. The zero-order chi connectivity index (χ0) is 45.4. The van der Waals surface area contributed by atoms with E-state index in [1.807, 2.05) is 0 Å². The minimum Gasteiger partial charge on any atom is -0.462 e. The molecule has 0 rings (SSSR count). The Morgan fingerprint density at radius 1 is 0.339 bits per heavy atom. The van der Waals surface area contributed by atoms with E-state index < -0.39 is 6.10 Å². The van der Waals surface area contributed by atoms with E-state index in [-0.39, 0.29) is 31.1 Å². The van der Waals surface area contributed by atoms with E-state index in [2.05, 4.69) is 34.6 Å². The molecule has 368 valence electrons. The minimum atomic E-state index is -0.762. The molecule has 0 heterocycles. The van der Waals surface area contributed by atoms with Crippen molar-refractivity contribution >= 4 is 17.9 Å². The zero-order valence-corrected chi connectivity index (χ0v) is 42.5. The lowest BCUT2D eigenvalue weighted by atomic mass is 9.99. The number of rotatable bonds is 50. The van der Waals surface area contributed by atoms with Crippen LogP contribution in [0.25, 0.3) is 0 Å². The maximum absolute atomic E-state index is 12.8. The molecule has 0 aromatic rings. The second-order valence-corrected chi connectivity index (χ2v) is 19.9. The lowest BCUT2D eigenvalue weighted by Gasteiger charge is -2.18. The van der Waals surface area contributed by atoms with Gasteiger partial charge in [-0.2, -0.15) is 0 Å². The summed E-state index contributed by atoms with van der Waals surface area (Å²) in [5.41, 5.74) is 0. The molecule has 0 aromatic carbocycles. The van der Waals surface area contributed by atoms with Gasteiger partial charge in [-0.25, -0.2) is 0 Å². The first-order chi connectivity index (χ1) is 30.3. The van der Waals surface area contributed by atoms with Crippen molar-refractivity contribution in [3.63, 3.8) is 0 Å². The Kier molecular flexibility index (Phi) is 47.6. The second-order valence-electron chi connectivity index (χ2n) is 19.9. The van der Waals surface area contributed by atoms with E-state index in [4.69, 9.17) is 14.2 Å². The van der Waals surface area contributed by atoms with Crippen molar-refractivity contribution in [2.45, 2.75) is 317 Å². The predicted octanol–water partition coefficient (Wildman–Crippen LogP) is 18.1. The quantitative estimate of drug-likeness (QED) is 0.0344. The van der Waals surface area contributed by atoms with Gasteiger partial charge in [0.25, 0.3) is 0 Å². The smallest absolute Gasteiger partial charge is 0.306 e. The monoisotopic (exact) mass is 877 g/mol. The molecule has 62 heavy (non-hydrogen) atoms. The third-order valence-electron chi connectivity index (χ3n) is 13.1. The molecular formula is C56H108O6. The molecule has 0 saturated carbocycles. The zero-order valence-electron chi connectivity index (χ0n) is 42.5. The van der Waals surface area contributed by atoms with Crippen molar-refractivity contribution in [3.05, 3.63) is 0 Å². The Balaban J connectivity index is 4.26. The Morgan fingerprint density at radius 2 is 0.613 bits per heavy atom. The number of carbonyl (C=O) groups is 3. The van der Waals surface area contributed by atoms with E-state index in [0.29, 0.717) is 19.3 Å². The Morgan fingerprint density at radius 3 is 0.919 bits per heavy atom. The first-order valence-electron chi connectivity index (χ1n) is 27.8. The molecule has 0 N–H and O–H groups in total. The molecule has 0 aromatic heterocycles. The normalized spacial score (nSPS) is 12.5. The maximum atomic E-state index is 12.8. The highest BCUT2D eigenvalue weighted by Crippen LogP contribution is 2.18. The van der Waals surface area contributed by atoms with E-state index in [1.54, 1.807) is 0 Å². The van der Waals surface area contributed by atoms with Gasteiger partial charge in [-0.05, 0) is 31.1 Å². The maximum Gasteiger partial charge on any atom is 0.306 e. The van der Waals surface area contributed by atoms with Gasteiger partial charge in [0.15, 0.2) is 6.10 Å². The molecule has 0 bridgehead atoms. The summed E-state index contributed by atoms with van der Waals surface area (Å²) in [6.07, 6.45) is 50.9. The van der Waals surface area contributed by atoms with E-state index >= 15 is 0 Å². The summed E-state index contributed by atoms with van der Waals surface area (Å²) in [6.45, 7) is 11.4. The Labute approximate surface area is 387 Å². The van der Waals surface area contributed by atoms with Crippen LogP contribution in [0.4, 0.5) is 0 Å². The third-order valence-corrected chi connectivity index (χ3v) is 13.1. The first kappa shape index (κ1) is 60.4. The van der Waals surface area contributed by atoms with E-state index in [1.165, 1.54) is 199 Å². The SMILES string of the molecule is CCCCCCCCCCCCCCCCCC(=O)OC[C@@H](COC(=O)CCCCCCCCCCCCCCCCC(C)CC)OC(=O)CCCCCCCCCCC(C)C. The molecule has 0 saturated heterocycles. The number of esters is 3. The largest absolute Gasteiger partial charge is 0.462 e. The average Bonchev–Trinajstić information content (AvgIpc) is 3.26. The van der Waals surface area contributed by atoms with Crippen LogP contribution in [0.1, 0.15) is 311 Å². The standard InChI is InChI=1S/C56H108O6/c1-6-8-9-10-11-12-13-14-15-19-22-25-31-36-41-46-54(57)60-49-53(62-56(59)48-43-38-33-28-27-29-34-39-44-51(3)4)50-61-55(58)47-42-37-32-26-23-20-17-16-18-21-24-30-35-40-45-52(5)7-2/h51-53H,6-50H2,1-5H3/t52?,53-/m0/s1. The molecule has 0 radical (unpaired) electrons. The van der Waals surface area contributed by atoms with Gasteiger partial charge in [0, 0.05) is 19.3 Å². The van der Waals surface area contributed by atoms with Crippen LogP contribution in [0.2, 0.25) is 0 Å². The Bertz CT molecular complexity index is 949. The third kappa shape index (κ3) is 47.9. The highest BCUT2D eigenvalue weighted by molar-refractivity contribution is 5.71. The van der Waals surface area contributed by atoms with Gasteiger partial charge < -0.3 is 14.2 Å². The van der Waals surface area contributed by atoms with Gasteiger partial charge in [-0.15, -0.1) is 0 Å². The number of carbonyl (C=O) groups excluding carboxylic acids is 3. The van der Waals surface area contributed by atoms with Crippen LogP contribution in [0.5, 0.6) is 0 Å². The van der Waals surface area contributed by atoms with Crippen LogP contribution in [-0.2, 0) is 28.6 Å². The van der Waals surface area contributed by atoms with Gasteiger partial charge in [0.1, 0.15) is 13.2 Å². The van der Waals surface area contributed by atoms with Crippen molar-refractivity contribution in [2.24, 2.45) is 11.8 Å². The average molecular weight is 877 g/mol. The van der Waals surface area contributed by atoms with Crippen LogP contribution in [0, 0.1) is 11.8 Å². The molecule has 1 unspecified atom stereocenters. The molecule has 6 nitrogen and oxygen atoms in total. The molecule has 0 spiro atoms. The summed E-state index contributed by atoms with van der Waals surface area (Å²) in [7, 11) is 0. The van der Waals surface area contributed by atoms with Gasteiger partial charge in [-0.3, -0.25) is 14.4 Å². The van der Waals surface area contributed by atoms with Gasteiger partial charge >= 0.3 is 17.9 Å². The summed E-state index contributed by atoms with van der Waals surface area (Å²) >= 11 is 0. The van der Waals surface area contributed by atoms with Crippen molar-refractivity contribution in [3.8, 4) is 0 Å². The summed E-state index contributed by atoms with van der Waals surface area (Å²) in [6, 6.07) is 0. The molecule has 0 aliphatic heterocycles. The highest BCUT2D eigenvalue weighted by Gasteiger charge is 2.19. The summed E-state index contributed by atoms with van der Waals surface area (Å²) in [5.74, 6) is 0.844. The van der Waals surface area contributed by atoms with Gasteiger partial charge in [0.05, 0.1) is 0 Å². The fraction of sp³-hybridized carbons (Fsp3) is 0.946. The van der Waals surface area contributed by atoms with Crippen LogP contribution < -0.4 is 0 Å². The lowest BCUT2D eigenvalue weighted by Crippen LogP contribution is -2.30. The summed E-state index contributed by atoms with van der Waals surface area (Å²) in [5, 5.41) is 0. The van der Waals surface area contributed by atoms with Gasteiger partial charge in [0.2, 0.25) is 0 Å². The number of unbranched alkanes of at least 4 members (excludes halogenated alkanes) is 34. The van der Waals surface area contributed by atoms with Crippen LogP contribution in [0.15, 0.2) is 0 Å². The second kappa shape index (κ2) is 48.9. The molecular weight excluding hydrogens is 769 g/mol. The van der Waals surface area contributed by atoms with Crippen molar-refractivity contribution in [2.75, 3.05) is 13.2 Å². The molecule has 2 atom stereocenters. The molecule has 0 amide bonds. The van der Waals surface area contributed by atoms with Crippen molar-refractivity contribution in [1.29, 1.82) is 0 Å². The molecule has 0 fully saturated rings. The Hall–Kier alpha value is -1.59. The first-order valence-corrected chi connectivity index (χ1v) is 27.8. The molecule has 0 aliphatic rings. The molecule has 0 aliphatic carbocycles. The fourth-order valence-corrected chi connectivity index (χ4v) is 8.49. The van der Waals surface area contributed by atoms with Crippen molar-refractivity contribution in [1.82, 2.24) is 0 Å². The highest BCUT2D eigenvalue weighted by atomic mass is 16.6.